The van der Waals surface area contributed by atoms with Crippen molar-refractivity contribution in [2.45, 2.75) is 5.92 Å². The number of alkyl carbamates (subject to hydrolysis) is 1. The molecule has 0 radical (unpaired) electrons. The molecule has 1 aliphatic carbocycles. The minimum Gasteiger partial charge on any atom is -0.449 e. The Labute approximate surface area is 227 Å². The number of hydrogen-bond donors (Lipinski definition) is 1. The highest BCUT2D eigenvalue weighted by Gasteiger charge is 2.28. The van der Waals surface area contributed by atoms with Crippen LogP contribution in [0.1, 0.15) is 17.0 Å². The molecule has 36 heavy (non-hydrogen) atoms. The van der Waals surface area contributed by atoms with Crippen molar-refractivity contribution in [2.24, 2.45) is 0 Å². The van der Waals surface area contributed by atoms with E-state index in [0.29, 0.717) is 72.6 Å². The molecule has 0 spiro atoms. The Balaban J connectivity index is 1.14. The Kier molecular flexibility index (Phi) is 14.1. The summed E-state index contributed by atoms with van der Waals surface area (Å²) in [5, 5.41) is 2.74. The smallest absolute Gasteiger partial charge is 0.407 e. The quantitative estimate of drug-likeness (QED) is 0.146. The summed E-state index contributed by atoms with van der Waals surface area (Å²) < 4.78 is 33.6. The number of nitrogens with one attached hydrogen (secondary N) is 1. The molecule has 198 valence electrons. The molecule has 3 rings (SSSR count). The van der Waals surface area contributed by atoms with Crippen molar-refractivity contribution in [2.75, 3.05) is 83.6 Å². The zero-order valence-corrected chi connectivity index (χ0v) is 22.8. The molecule has 0 saturated heterocycles. The van der Waals surface area contributed by atoms with Crippen molar-refractivity contribution in [3.05, 3.63) is 59.7 Å². The molecular formula is C27H36INO7. The number of fused-ring (bicyclic) bond motifs is 3. The van der Waals surface area contributed by atoms with Crippen molar-refractivity contribution < 1.29 is 33.2 Å². The van der Waals surface area contributed by atoms with Gasteiger partial charge in [-0.05, 0) is 22.3 Å². The van der Waals surface area contributed by atoms with Gasteiger partial charge in [-0.1, -0.05) is 71.1 Å². The molecule has 0 aliphatic heterocycles. The normalized spacial score (nSPS) is 12.4. The summed E-state index contributed by atoms with van der Waals surface area (Å²) in [6, 6.07) is 16.5. The van der Waals surface area contributed by atoms with Gasteiger partial charge in [0.1, 0.15) is 6.61 Å². The second kappa shape index (κ2) is 17.7. The fourth-order valence-electron chi connectivity index (χ4n) is 3.91. The topological polar surface area (TPSA) is 84.5 Å². The summed E-state index contributed by atoms with van der Waals surface area (Å²) in [6.45, 7) is 6.06. The summed E-state index contributed by atoms with van der Waals surface area (Å²) in [6.07, 6.45) is -0.439. The largest absolute Gasteiger partial charge is 0.449 e. The van der Waals surface area contributed by atoms with Gasteiger partial charge in [0, 0.05) is 16.9 Å². The van der Waals surface area contributed by atoms with Crippen LogP contribution in [0.4, 0.5) is 4.79 Å². The Hall–Kier alpha value is -1.76. The summed E-state index contributed by atoms with van der Waals surface area (Å²) in [5.74, 6) is 0.0537. The maximum atomic E-state index is 12.1. The average molecular weight is 613 g/mol. The first-order valence-electron chi connectivity index (χ1n) is 12.3. The molecule has 0 bridgehead atoms. The van der Waals surface area contributed by atoms with E-state index < -0.39 is 6.09 Å². The molecular weight excluding hydrogens is 577 g/mol. The maximum absolute atomic E-state index is 12.1. The van der Waals surface area contributed by atoms with E-state index in [0.717, 1.165) is 11.0 Å². The van der Waals surface area contributed by atoms with Crippen molar-refractivity contribution in [1.82, 2.24) is 5.32 Å². The van der Waals surface area contributed by atoms with Gasteiger partial charge in [0.05, 0.1) is 66.1 Å². The lowest BCUT2D eigenvalue weighted by molar-refractivity contribution is -0.00972. The lowest BCUT2D eigenvalue weighted by atomic mass is 9.98. The monoisotopic (exact) mass is 613 g/mol. The summed E-state index contributed by atoms with van der Waals surface area (Å²) in [5.41, 5.74) is 4.81. The van der Waals surface area contributed by atoms with Gasteiger partial charge in [0.2, 0.25) is 0 Å². The van der Waals surface area contributed by atoms with Crippen molar-refractivity contribution in [3.63, 3.8) is 0 Å². The summed E-state index contributed by atoms with van der Waals surface area (Å²) in [7, 11) is 0. The Morgan fingerprint density at radius 1 is 0.667 bits per heavy atom. The molecule has 0 aromatic heterocycles. The molecule has 1 N–H and O–H groups in total. The number of carbonyl (C=O) groups excluding carboxylic acids is 1. The van der Waals surface area contributed by atoms with E-state index in [1.807, 2.05) is 24.3 Å². The molecule has 8 nitrogen and oxygen atoms in total. The highest BCUT2D eigenvalue weighted by Crippen LogP contribution is 2.44. The van der Waals surface area contributed by atoms with Crippen molar-refractivity contribution >= 4 is 28.7 Å². The van der Waals surface area contributed by atoms with Gasteiger partial charge >= 0.3 is 6.09 Å². The Morgan fingerprint density at radius 2 is 1.11 bits per heavy atom. The van der Waals surface area contributed by atoms with E-state index >= 15 is 0 Å². The third-order valence-electron chi connectivity index (χ3n) is 5.57. The lowest BCUT2D eigenvalue weighted by Gasteiger charge is -2.14. The summed E-state index contributed by atoms with van der Waals surface area (Å²) >= 11 is 2.27. The van der Waals surface area contributed by atoms with E-state index in [1.165, 1.54) is 22.3 Å². The third kappa shape index (κ3) is 9.95. The Morgan fingerprint density at radius 3 is 1.61 bits per heavy atom. The second-order valence-electron chi connectivity index (χ2n) is 8.00. The van der Waals surface area contributed by atoms with E-state index in [4.69, 9.17) is 28.4 Å². The van der Waals surface area contributed by atoms with Gasteiger partial charge in [-0.15, -0.1) is 0 Å². The fraction of sp³-hybridized carbons (Fsp3) is 0.519. The predicted molar refractivity (Wildman–Crippen MR) is 146 cm³/mol. The molecule has 2 aromatic carbocycles. The van der Waals surface area contributed by atoms with Gasteiger partial charge in [-0.3, -0.25) is 0 Å². The van der Waals surface area contributed by atoms with Gasteiger partial charge in [-0.25, -0.2) is 4.79 Å². The number of alkyl halides is 1. The minimum atomic E-state index is -0.439. The highest BCUT2D eigenvalue weighted by molar-refractivity contribution is 14.1. The second-order valence-corrected chi connectivity index (χ2v) is 9.08. The van der Waals surface area contributed by atoms with E-state index in [-0.39, 0.29) is 5.92 Å². The van der Waals surface area contributed by atoms with Gasteiger partial charge in [-0.2, -0.15) is 0 Å². The number of benzene rings is 2. The van der Waals surface area contributed by atoms with Gasteiger partial charge in [0.15, 0.2) is 0 Å². The van der Waals surface area contributed by atoms with E-state index in [9.17, 15) is 4.79 Å². The van der Waals surface area contributed by atoms with Crippen LogP contribution < -0.4 is 5.32 Å². The van der Waals surface area contributed by atoms with Crippen LogP contribution in [0.5, 0.6) is 0 Å². The molecule has 0 atom stereocenters. The number of ether oxygens (including phenoxy) is 6. The fourth-order valence-corrected chi connectivity index (χ4v) is 4.22. The predicted octanol–water partition coefficient (Wildman–Crippen LogP) is 4.04. The van der Waals surface area contributed by atoms with Crippen LogP contribution >= 0.6 is 22.6 Å². The number of rotatable bonds is 19. The first-order valence-corrected chi connectivity index (χ1v) is 13.9. The first kappa shape index (κ1) is 28.8. The van der Waals surface area contributed by atoms with Crippen molar-refractivity contribution in [3.8, 4) is 11.1 Å². The van der Waals surface area contributed by atoms with Crippen LogP contribution in [0.15, 0.2) is 48.5 Å². The first-order chi connectivity index (χ1) is 17.8. The standard InChI is InChI=1S/C27H36INO7/c28-9-11-31-13-15-33-17-19-35-20-18-34-16-14-32-12-10-29-27(30)36-21-26-24-7-3-1-5-22(24)23-6-2-4-8-25(23)26/h1-8,26H,9-21H2,(H,29,30). The zero-order valence-electron chi connectivity index (χ0n) is 20.6. The van der Waals surface area contributed by atoms with Crippen LogP contribution in [0.2, 0.25) is 0 Å². The van der Waals surface area contributed by atoms with Crippen LogP contribution in [0.25, 0.3) is 11.1 Å². The molecule has 9 heteroatoms. The number of hydrogen-bond acceptors (Lipinski definition) is 7. The average Bonchev–Trinajstić information content (AvgIpc) is 3.23. The summed E-state index contributed by atoms with van der Waals surface area (Å²) in [4.78, 5) is 12.1. The van der Waals surface area contributed by atoms with Crippen LogP contribution in [0.3, 0.4) is 0 Å². The molecule has 0 fully saturated rings. The third-order valence-corrected chi connectivity index (χ3v) is 6.01. The number of amides is 1. The lowest BCUT2D eigenvalue weighted by Crippen LogP contribution is -2.29. The molecule has 0 unspecified atom stereocenters. The Bertz CT molecular complexity index is 852. The van der Waals surface area contributed by atoms with E-state index in [2.05, 4.69) is 52.2 Å². The van der Waals surface area contributed by atoms with Crippen LogP contribution in [0, 0.1) is 0 Å². The number of halogens is 1. The zero-order chi connectivity index (χ0) is 25.3. The maximum Gasteiger partial charge on any atom is 0.407 e. The van der Waals surface area contributed by atoms with Gasteiger partial charge in [0.25, 0.3) is 0 Å². The molecule has 1 aliphatic rings. The molecule has 0 saturated carbocycles. The van der Waals surface area contributed by atoms with Crippen LogP contribution in [-0.4, -0.2) is 89.7 Å². The molecule has 1 amide bonds. The van der Waals surface area contributed by atoms with Crippen LogP contribution in [-0.2, 0) is 28.4 Å². The number of carbonyl (C=O) groups is 1. The highest BCUT2D eigenvalue weighted by atomic mass is 127. The molecule has 2 aromatic rings. The molecule has 0 heterocycles. The van der Waals surface area contributed by atoms with Crippen molar-refractivity contribution in [1.29, 1.82) is 0 Å². The SMILES string of the molecule is O=C(NCCOCCOCCOCCOCCOCCI)OCC1c2ccccc2-c2ccccc21. The minimum absolute atomic E-state index is 0.0537. The van der Waals surface area contributed by atoms with E-state index in [1.54, 1.807) is 0 Å². The van der Waals surface area contributed by atoms with Gasteiger partial charge < -0.3 is 33.7 Å².